The molecule has 28 heavy (non-hydrogen) atoms. The zero-order chi connectivity index (χ0) is 18.6. The Labute approximate surface area is 171 Å². The van der Waals surface area contributed by atoms with Gasteiger partial charge in [-0.25, -0.2) is 0 Å². The maximum atomic E-state index is 12.8. The lowest BCUT2D eigenvalue weighted by molar-refractivity contribution is 0.0772. The number of rotatable bonds is 5. The van der Waals surface area contributed by atoms with E-state index >= 15 is 0 Å². The molecule has 5 nitrogen and oxygen atoms in total. The number of hydrogen-bond donors (Lipinski definition) is 1. The first-order valence-corrected chi connectivity index (χ1v) is 9.28. The largest absolute Gasteiger partial charge is 0.359 e. The summed E-state index contributed by atoms with van der Waals surface area (Å²) in [6, 6.07) is 19.7. The van der Waals surface area contributed by atoms with Crippen molar-refractivity contribution in [3.63, 3.8) is 0 Å². The minimum atomic E-state index is -0.0135. The molecule has 6 heteroatoms. The van der Waals surface area contributed by atoms with Gasteiger partial charge in [0, 0.05) is 30.8 Å². The third-order valence-electron chi connectivity index (χ3n) is 5.03. The van der Waals surface area contributed by atoms with Gasteiger partial charge < -0.3 is 14.7 Å². The molecule has 1 unspecified atom stereocenters. The summed E-state index contributed by atoms with van der Waals surface area (Å²) >= 11 is 0. The van der Waals surface area contributed by atoms with Gasteiger partial charge in [-0.2, -0.15) is 0 Å². The van der Waals surface area contributed by atoms with Crippen LogP contribution in [0.15, 0.2) is 65.2 Å². The molecule has 2 aromatic carbocycles. The molecule has 0 radical (unpaired) electrons. The molecule has 1 N–H and O–H groups in total. The Kier molecular flexibility index (Phi) is 6.49. The Hall–Kier alpha value is -2.63. The molecule has 1 fully saturated rings. The molecule has 0 spiro atoms. The van der Waals surface area contributed by atoms with Crippen LogP contribution >= 0.6 is 12.4 Å². The lowest BCUT2D eigenvalue weighted by atomic mass is 9.96. The van der Waals surface area contributed by atoms with Crippen molar-refractivity contribution in [2.24, 2.45) is 0 Å². The number of nitrogens with zero attached hydrogens (tertiary/aromatic N) is 2. The molecule has 0 bridgehead atoms. The summed E-state index contributed by atoms with van der Waals surface area (Å²) in [6.07, 6.45) is 1.12. The van der Waals surface area contributed by atoms with Gasteiger partial charge in [0.15, 0.2) is 5.76 Å². The van der Waals surface area contributed by atoms with Crippen molar-refractivity contribution in [1.82, 2.24) is 15.4 Å². The summed E-state index contributed by atoms with van der Waals surface area (Å²) in [4.78, 5) is 14.5. The zero-order valence-electron chi connectivity index (χ0n) is 15.8. The maximum absolute atomic E-state index is 12.8. The standard InChI is InChI=1S/C22H23N3O2.ClH/c1-25(15-20-13-21(24-27-20)16-6-3-2-4-7-16)22(26)18-9-5-8-17(12-18)19-10-11-23-14-19;/h2-9,12-13,19,23H,10-11,14-15H2,1H3;1H. The molecule has 1 amide bonds. The SMILES string of the molecule is CN(Cc1cc(-c2ccccc2)no1)C(=O)c1cccc(C2CCNC2)c1.Cl. The van der Waals surface area contributed by atoms with Crippen molar-refractivity contribution < 1.29 is 9.32 Å². The lowest BCUT2D eigenvalue weighted by Gasteiger charge is -2.17. The van der Waals surface area contributed by atoms with E-state index < -0.39 is 0 Å². The van der Waals surface area contributed by atoms with Gasteiger partial charge >= 0.3 is 0 Å². The summed E-state index contributed by atoms with van der Waals surface area (Å²) in [5.41, 5.74) is 3.72. The van der Waals surface area contributed by atoms with E-state index in [4.69, 9.17) is 4.52 Å². The minimum Gasteiger partial charge on any atom is -0.359 e. The second-order valence-corrected chi connectivity index (χ2v) is 7.02. The van der Waals surface area contributed by atoms with Gasteiger partial charge in [-0.15, -0.1) is 12.4 Å². The highest BCUT2D eigenvalue weighted by Gasteiger charge is 2.19. The van der Waals surface area contributed by atoms with E-state index in [0.717, 1.165) is 30.8 Å². The van der Waals surface area contributed by atoms with Crippen LogP contribution in [0, 0.1) is 0 Å². The smallest absolute Gasteiger partial charge is 0.254 e. The second kappa shape index (κ2) is 9.04. The third-order valence-corrected chi connectivity index (χ3v) is 5.03. The van der Waals surface area contributed by atoms with Crippen LogP contribution < -0.4 is 5.32 Å². The van der Waals surface area contributed by atoms with Crippen molar-refractivity contribution in [2.45, 2.75) is 18.9 Å². The summed E-state index contributed by atoms with van der Waals surface area (Å²) in [5, 5.41) is 7.49. The van der Waals surface area contributed by atoms with E-state index in [1.807, 2.05) is 54.6 Å². The van der Waals surface area contributed by atoms with Gasteiger partial charge in [-0.05, 0) is 36.6 Å². The molecule has 0 saturated carbocycles. The van der Waals surface area contributed by atoms with Crippen LogP contribution in [0.2, 0.25) is 0 Å². The number of nitrogens with one attached hydrogen (secondary N) is 1. The van der Waals surface area contributed by atoms with E-state index in [0.29, 0.717) is 23.8 Å². The Morgan fingerprint density at radius 1 is 1.18 bits per heavy atom. The number of aromatic nitrogens is 1. The minimum absolute atomic E-state index is 0. The highest BCUT2D eigenvalue weighted by atomic mass is 35.5. The van der Waals surface area contributed by atoms with E-state index in [1.54, 1.807) is 11.9 Å². The average molecular weight is 398 g/mol. The van der Waals surface area contributed by atoms with E-state index in [1.165, 1.54) is 5.56 Å². The molecule has 0 aliphatic carbocycles. The van der Waals surface area contributed by atoms with Crippen LogP contribution in [0.3, 0.4) is 0 Å². The number of benzene rings is 2. The van der Waals surface area contributed by atoms with Gasteiger partial charge in [0.1, 0.15) is 5.69 Å². The van der Waals surface area contributed by atoms with Gasteiger partial charge in [-0.1, -0.05) is 47.6 Å². The molecule has 1 aromatic heterocycles. The summed E-state index contributed by atoms with van der Waals surface area (Å²) in [7, 11) is 1.79. The predicted octanol–water partition coefficient (Wildman–Crippen LogP) is 4.11. The number of halogens is 1. The van der Waals surface area contributed by atoms with Gasteiger partial charge in [-0.3, -0.25) is 4.79 Å². The van der Waals surface area contributed by atoms with E-state index in [9.17, 15) is 4.79 Å². The molecule has 1 saturated heterocycles. The molecule has 3 aromatic rings. The molecule has 4 rings (SSSR count). The predicted molar refractivity (Wildman–Crippen MR) is 112 cm³/mol. The Bertz CT molecular complexity index is 920. The fraction of sp³-hybridized carbons (Fsp3) is 0.273. The number of carbonyl (C=O) groups excluding carboxylic acids is 1. The number of hydrogen-bond acceptors (Lipinski definition) is 4. The van der Waals surface area contributed by atoms with E-state index in [2.05, 4.69) is 16.5 Å². The van der Waals surface area contributed by atoms with Crippen molar-refractivity contribution >= 4 is 18.3 Å². The average Bonchev–Trinajstić information content (AvgIpc) is 3.40. The van der Waals surface area contributed by atoms with Crippen molar-refractivity contribution in [2.75, 3.05) is 20.1 Å². The van der Waals surface area contributed by atoms with Crippen LogP contribution in [0.25, 0.3) is 11.3 Å². The first-order chi connectivity index (χ1) is 13.2. The molecule has 1 atom stereocenters. The molecule has 2 heterocycles. The molecule has 1 aliphatic rings. The summed E-state index contributed by atoms with van der Waals surface area (Å²) < 4.78 is 5.43. The van der Waals surface area contributed by atoms with Crippen LogP contribution in [0.4, 0.5) is 0 Å². The summed E-state index contributed by atoms with van der Waals surface area (Å²) in [5.74, 6) is 1.15. The van der Waals surface area contributed by atoms with Crippen molar-refractivity contribution in [3.05, 3.63) is 77.6 Å². The van der Waals surface area contributed by atoms with Crippen molar-refractivity contribution in [1.29, 1.82) is 0 Å². The van der Waals surface area contributed by atoms with Crippen LogP contribution in [0.5, 0.6) is 0 Å². The monoisotopic (exact) mass is 397 g/mol. The molecule has 146 valence electrons. The normalized spacial score (nSPS) is 15.8. The summed E-state index contributed by atoms with van der Waals surface area (Å²) in [6.45, 7) is 2.40. The van der Waals surface area contributed by atoms with E-state index in [-0.39, 0.29) is 18.3 Å². The zero-order valence-corrected chi connectivity index (χ0v) is 16.6. The van der Waals surface area contributed by atoms with Crippen LogP contribution in [0.1, 0.15) is 34.0 Å². The first kappa shape index (κ1) is 20.1. The first-order valence-electron chi connectivity index (χ1n) is 9.28. The Morgan fingerprint density at radius 2 is 2.00 bits per heavy atom. The van der Waals surface area contributed by atoms with Crippen molar-refractivity contribution in [3.8, 4) is 11.3 Å². The van der Waals surface area contributed by atoms with Crippen LogP contribution in [-0.2, 0) is 6.54 Å². The lowest BCUT2D eigenvalue weighted by Crippen LogP contribution is -2.26. The fourth-order valence-electron chi connectivity index (χ4n) is 3.52. The Balaban J connectivity index is 0.00000225. The third kappa shape index (κ3) is 4.43. The molecular formula is C22H24ClN3O2. The van der Waals surface area contributed by atoms with Gasteiger partial charge in [0.25, 0.3) is 5.91 Å². The Morgan fingerprint density at radius 3 is 2.75 bits per heavy atom. The fourth-order valence-corrected chi connectivity index (χ4v) is 3.52. The number of amides is 1. The molecule has 1 aliphatic heterocycles. The highest BCUT2D eigenvalue weighted by molar-refractivity contribution is 5.94. The highest BCUT2D eigenvalue weighted by Crippen LogP contribution is 2.24. The quantitative estimate of drug-likeness (QED) is 0.703. The van der Waals surface area contributed by atoms with Gasteiger partial charge in [0.05, 0.1) is 6.54 Å². The molecular weight excluding hydrogens is 374 g/mol. The number of carbonyl (C=O) groups is 1. The topological polar surface area (TPSA) is 58.4 Å². The van der Waals surface area contributed by atoms with Gasteiger partial charge in [0.2, 0.25) is 0 Å². The second-order valence-electron chi connectivity index (χ2n) is 7.02. The van der Waals surface area contributed by atoms with Crippen LogP contribution in [-0.4, -0.2) is 36.1 Å². The maximum Gasteiger partial charge on any atom is 0.254 e.